The summed E-state index contributed by atoms with van der Waals surface area (Å²) in [5.41, 5.74) is 17.6. The molecule has 0 spiro atoms. The summed E-state index contributed by atoms with van der Waals surface area (Å²) >= 11 is 0. The van der Waals surface area contributed by atoms with Crippen LogP contribution in [-0.4, -0.2) is 32.7 Å². The van der Waals surface area contributed by atoms with Crippen molar-refractivity contribution in [2.45, 2.75) is 83.3 Å². The van der Waals surface area contributed by atoms with Gasteiger partial charge in [0.05, 0.1) is 0 Å². The second kappa shape index (κ2) is 10.0. The lowest BCUT2D eigenvalue weighted by Gasteiger charge is -2.41. The van der Waals surface area contributed by atoms with Gasteiger partial charge in [0.2, 0.25) is 0 Å². The van der Waals surface area contributed by atoms with Gasteiger partial charge in [0.1, 0.15) is 0 Å². The van der Waals surface area contributed by atoms with Gasteiger partial charge in [0.25, 0.3) is 0 Å². The summed E-state index contributed by atoms with van der Waals surface area (Å²) in [5, 5.41) is 0.0341. The van der Waals surface area contributed by atoms with Gasteiger partial charge < -0.3 is 22.0 Å². The highest BCUT2D eigenvalue weighted by Crippen LogP contribution is 2.47. The van der Waals surface area contributed by atoms with Crippen LogP contribution in [0.5, 0.6) is 0 Å². The highest BCUT2D eigenvalue weighted by atomic mass is 28.4. The third-order valence-electron chi connectivity index (χ3n) is 5.67. The highest BCUT2D eigenvalue weighted by molar-refractivity contribution is 6.72. The summed E-state index contributed by atoms with van der Waals surface area (Å²) in [6.45, 7) is 10.8. The molecule has 134 valence electrons. The fourth-order valence-electron chi connectivity index (χ4n) is 3.06. The van der Waals surface area contributed by atoms with Crippen LogP contribution in [0.3, 0.4) is 0 Å². The minimum atomic E-state index is -2.15. The molecule has 0 radical (unpaired) electrons. The van der Waals surface area contributed by atoms with Crippen LogP contribution >= 0.6 is 0 Å². The van der Waals surface area contributed by atoms with Gasteiger partial charge in [-0.1, -0.05) is 13.8 Å². The second-order valence-corrected chi connectivity index (χ2v) is 12.6. The predicted octanol–water partition coefficient (Wildman–Crippen LogP) is 2.95. The SMILES string of the molecule is CC(C)(CCC(CCCN)(CCCN)CCCN)[Si](C)(C)O. The summed E-state index contributed by atoms with van der Waals surface area (Å²) in [6.07, 6.45) is 8.90. The minimum Gasteiger partial charge on any atom is -0.432 e. The Labute approximate surface area is 139 Å². The van der Waals surface area contributed by atoms with Gasteiger partial charge >= 0.3 is 0 Å². The maximum atomic E-state index is 10.5. The van der Waals surface area contributed by atoms with Gasteiger partial charge in [0.15, 0.2) is 8.32 Å². The molecule has 4 nitrogen and oxygen atoms in total. The average molecular weight is 332 g/mol. The maximum absolute atomic E-state index is 10.5. The van der Waals surface area contributed by atoms with Crippen molar-refractivity contribution in [1.29, 1.82) is 0 Å². The van der Waals surface area contributed by atoms with E-state index >= 15 is 0 Å². The van der Waals surface area contributed by atoms with E-state index in [1.807, 2.05) is 13.1 Å². The molecule has 22 heavy (non-hydrogen) atoms. The van der Waals surface area contributed by atoms with Crippen LogP contribution < -0.4 is 17.2 Å². The molecular formula is C17H41N3OSi. The van der Waals surface area contributed by atoms with Crippen LogP contribution in [0, 0.1) is 5.41 Å². The second-order valence-electron chi connectivity index (χ2n) is 8.12. The molecule has 0 atom stereocenters. The van der Waals surface area contributed by atoms with Gasteiger partial charge in [-0.15, -0.1) is 0 Å². The van der Waals surface area contributed by atoms with Crippen molar-refractivity contribution in [3.05, 3.63) is 0 Å². The van der Waals surface area contributed by atoms with E-state index in [0.29, 0.717) is 5.41 Å². The van der Waals surface area contributed by atoms with Crippen LogP contribution in [0.15, 0.2) is 0 Å². The van der Waals surface area contributed by atoms with Crippen LogP contribution in [0.4, 0.5) is 0 Å². The number of rotatable bonds is 13. The van der Waals surface area contributed by atoms with Gasteiger partial charge in [-0.3, -0.25) is 0 Å². The molecule has 0 aromatic carbocycles. The number of hydrogen-bond acceptors (Lipinski definition) is 4. The first-order valence-corrected chi connectivity index (χ1v) is 11.9. The van der Waals surface area contributed by atoms with Crippen LogP contribution in [0.2, 0.25) is 18.1 Å². The standard InChI is InChI=1S/C17H41N3OSi/c1-16(2,22(3,4)21)11-12-17(8-5-13-18,9-6-14-19)10-7-15-20/h21H,5-15,18-20H2,1-4H3. The maximum Gasteiger partial charge on any atom is 0.188 e. The lowest BCUT2D eigenvalue weighted by Crippen LogP contribution is -2.40. The molecule has 0 aliphatic rings. The Morgan fingerprint density at radius 1 is 0.727 bits per heavy atom. The lowest BCUT2D eigenvalue weighted by molar-refractivity contribution is 0.173. The molecule has 0 fully saturated rings. The Hall–Kier alpha value is 0.0569. The van der Waals surface area contributed by atoms with Crippen LogP contribution in [0.25, 0.3) is 0 Å². The molecule has 0 aliphatic carbocycles. The van der Waals surface area contributed by atoms with Crippen molar-refractivity contribution in [1.82, 2.24) is 0 Å². The fourth-order valence-corrected chi connectivity index (χ4v) is 3.80. The average Bonchev–Trinajstić information content (AvgIpc) is 2.44. The van der Waals surface area contributed by atoms with Crippen LogP contribution in [0.1, 0.15) is 65.2 Å². The summed E-state index contributed by atoms with van der Waals surface area (Å²) in [6, 6.07) is 0. The summed E-state index contributed by atoms with van der Waals surface area (Å²) in [4.78, 5) is 10.5. The van der Waals surface area contributed by atoms with E-state index in [-0.39, 0.29) is 5.04 Å². The zero-order chi connectivity index (χ0) is 17.3. The predicted molar refractivity (Wildman–Crippen MR) is 100 cm³/mol. The zero-order valence-electron chi connectivity index (χ0n) is 15.5. The molecule has 0 rings (SSSR count). The summed E-state index contributed by atoms with van der Waals surface area (Å²) in [7, 11) is -2.15. The molecule has 0 heterocycles. The third kappa shape index (κ3) is 7.55. The molecular weight excluding hydrogens is 290 g/mol. The highest BCUT2D eigenvalue weighted by Gasteiger charge is 2.40. The Balaban J connectivity index is 4.99. The first kappa shape index (κ1) is 22.1. The Morgan fingerprint density at radius 2 is 1.09 bits per heavy atom. The molecule has 0 aromatic heterocycles. The zero-order valence-corrected chi connectivity index (χ0v) is 16.5. The van der Waals surface area contributed by atoms with Gasteiger partial charge in [-0.25, -0.2) is 0 Å². The van der Waals surface area contributed by atoms with Crippen molar-refractivity contribution in [3.8, 4) is 0 Å². The van der Waals surface area contributed by atoms with Crippen molar-refractivity contribution in [2.75, 3.05) is 19.6 Å². The Kier molecular flexibility index (Phi) is 10.1. The number of hydrogen-bond donors (Lipinski definition) is 4. The summed E-state index contributed by atoms with van der Waals surface area (Å²) in [5.74, 6) is 0. The van der Waals surface area contributed by atoms with E-state index in [2.05, 4.69) is 13.8 Å². The molecule has 5 heteroatoms. The van der Waals surface area contributed by atoms with E-state index in [4.69, 9.17) is 17.2 Å². The van der Waals surface area contributed by atoms with Crippen molar-refractivity contribution < 1.29 is 4.80 Å². The van der Waals surface area contributed by atoms with Gasteiger partial charge in [-0.05, 0) is 94.5 Å². The molecule has 0 bridgehead atoms. The third-order valence-corrected chi connectivity index (χ3v) is 9.23. The fraction of sp³-hybridized carbons (Fsp3) is 1.00. The van der Waals surface area contributed by atoms with E-state index in [1.54, 1.807) is 0 Å². The molecule has 7 N–H and O–H groups in total. The first-order chi connectivity index (χ1) is 10.1. The molecule has 0 aliphatic heterocycles. The van der Waals surface area contributed by atoms with Gasteiger partial charge in [0, 0.05) is 0 Å². The normalized spacial score (nSPS) is 13.6. The molecule has 0 unspecified atom stereocenters. The van der Waals surface area contributed by atoms with Crippen LogP contribution in [-0.2, 0) is 0 Å². The Morgan fingerprint density at radius 3 is 1.36 bits per heavy atom. The van der Waals surface area contributed by atoms with Crippen molar-refractivity contribution in [3.63, 3.8) is 0 Å². The van der Waals surface area contributed by atoms with E-state index in [1.165, 1.54) is 0 Å². The Bertz CT molecular complexity index is 268. The molecule has 0 aromatic rings. The van der Waals surface area contributed by atoms with Crippen molar-refractivity contribution in [2.24, 2.45) is 22.6 Å². The summed E-state index contributed by atoms with van der Waals surface area (Å²) < 4.78 is 0. The number of nitrogens with two attached hydrogens (primary N) is 3. The quantitative estimate of drug-likeness (QED) is 0.390. The van der Waals surface area contributed by atoms with E-state index in [0.717, 1.165) is 71.0 Å². The molecule has 0 amide bonds. The minimum absolute atomic E-state index is 0.0341. The largest absolute Gasteiger partial charge is 0.432 e. The molecule has 0 saturated carbocycles. The topological polar surface area (TPSA) is 98.3 Å². The first-order valence-electron chi connectivity index (χ1n) is 8.97. The van der Waals surface area contributed by atoms with E-state index in [9.17, 15) is 4.80 Å². The monoisotopic (exact) mass is 331 g/mol. The van der Waals surface area contributed by atoms with Crippen molar-refractivity contribution >= 4 is 8.32 Å². The lowest BCUT2D eigenvalue weighted by atomic mass is 9.71. The smallest absolute Gasteiger partial charge is 0.188 e. The van der Waals surface area contributed by atoms with E-state index < -0.39 is 8.32 Å². The molecule has 0 saturated heterocycles. The van der Waals surface area contributed by atoms with Gasteiger partial charge in [-0.2, -0.15) is 0 Å².